The van der Waals surface area contributed by atoms with Gasteiger partial charge in [0.15, 0.2) is 5.82 Å². The van der Waals surface area contributed by atoms with Gasteiger partial charge in [-0.05, 0) is 27.9 Å². The van der Waals surface area contributed by atoms with E-state index in [2.05, 4.69) is 44.1 Å². The lowest BCUT2D eigenvalue weighted by atomic mass is 10.5. The van der Waals surface area contributed by atoms with Gasteiger partial charge < -0.3 is 15.1 Å². The highest BCUT2D eigenvalue weighted by Gasteiger charge is 2.06. The fourth-order valence-corrected chi connectivity index (χ4v) is 1.43. The van der Waals surface area contributed by atoms with Crippen molar-refractivity contribution >= 4 is 11.8 Å². The van der Waals surface area contributed by atoms with Gasteiger partial charge in [0.25, 0.3) is 0 Å². The molecule has 0 unspecified atom stereocenters. The largest absolute Gasteiger partial charge is 0.367 e. The van der Waals surface area contributed by atoms with Crippen molar-refractivity contribution in [1.82, 2.24) is 20.1 Å². The van der Waals surface area contributed by atoms with Crippen LogP contribution in [0.3, 0.4) is 0 Å². The Morgan fingerprint density at radius 3 is 2.53 bits per heavy atom. The predicted molar refractivity (Wildman–Crippen MR) is 70.4 cm³/mol. The number of anilines is 2. The summed E-state index contributed by atoms with van der Waals surface area (Å²) in [6.07, 6.45) is 1.66. The summed E-state index contributed by atoms with van der Waals surface area (Å²) in [6, 6.07) is 0. The molecule has 1 aromatic rings. The Labute approximate surface area is 103 Å². The topological polar surface area (TPSA) is 57.2 Å². The molecule has 0 bridgehead atoms. The molecular formula is C11H22N6. The van der Waals surface area contributed by atoms with Gasteiger partial charge in [0.05, 0.1) is 6.20 Å². The van der Waals surface area contributed by atoms with Gasteiger partial charge in [-0.2, -0.15) is 10.1 Å². The second kappa shape index (κ2) is 7.01. The van der Waals surface area contributed by atoms with E-state index < -0.39 is 0 Å². The standard InChI is InChI=1S/C11H22N6/c1-5-17(6-2)11-14-10(9-13-15-11)12-7-8-16(3)4/h9H,5-8H2,1-4H3,(H,12,14,15). The second-order valence-electron chi connectivity index (χ2n) is 4.04. The third kappa shape index (κ3) is 4.52. The highest BCUT2D eigenvalue weighted by molar-refractivity contribution is 5.38. The van der Waals surface area contributed by atoms with Crippen molar-refractivity contribution in [3.8, 4) is 0 Å². The highest BCUT2D eigenvalue weighted by Crippen LogP contribution is 2.08. The van der Waals surface area contributed by atoms with Gasteiger partial charge in [-0.1, -0.05) is 0 Å². The van der Waals surface area contributed by atoms with Crippen molar-refractivity contribution < 1.29 is 0 Å². The van der Waals surface area contributed by atoms with Crippen molar-refractivity contribution in [3.05, 3.63) is 6.20 Å². The van der Waals surface area contributed by atoms with Crippen LogP contribution in [-0.2, 0) is 0 Å². The van der Waals surface area contributed by atoms with Crippen LogP contribution < -0.4 is 10.2 Å². The molecule has 1 N–H and O–H groups in total. The fourth-order valence-electron chi connectivity index (χ4n) is 1.43. The minimum Gasteiger partial charge on any atom is -0.367 e. The van der Waals surface area contributed by atoms with Crippen molar-refractivity contribution in [3.63, 3.8) is 0 Å². The van der Waals surface area contributed by atoms with Gasteiger partial charge in [0, 0.05) is 26.2 Å². The Kier molecular flexibility index (Phi) is 5.62. The molecule has 6 heteroatoms. The summed E-state index contributed by atoms with van der Waals surface area (Å²) in [5.74, 6) is 1.47. The number of hydrogen-bond donors (Lipinski definition) is 1. The zero-order chi connectivity index (χ0) is 12.7. The third-order valence-electron chi connectivity index (χ3n) is 2.46. The van der Waals surface area contributed by atoms with Crippen LogP contribution in [0.4, 0.5) is 11.8 Å². The Morgan fingerprint density at radius 1 is 1.24 bits per heavy atom. The number of nitrogens with one attached hydrogen (secondary N) is 1. The van der Waals surface area contributed by atoms with E-state index in [-0.39, 0.29) is 0 Å². The van der Waals surface area contributed by atoms with E-state index in [4.69, 9.17) is 0 Å². The van der Waals surface area contributed by atoms with E-state index in [1.54, 1.807) is 6.20 Å². The predicted octanol–water partition coefficient (Wildman–Crippen LogP) is 0.691. The molecule has 1 aromatic heterocycles. The van der Waals surface area contributed by atoms with E-state index in [0.717, 1.165) is 32.0 Å². The van der Waals surface area contributed by atoms with Crippen molar-refractivity contribution in [2.75, 3.05) is 50.5 Å². The molecule has 0 radical (unpaired) electrons. The summed E-state index contributed by atoms with van der Waals surface area (Å²) in [5.41, 5.74) is 0. The van der Waals surface area contributed by atoms with Crippen LogP contribution in [0.15, 0.2) is 6.20 Å². The molecule has 0 aliphatic rings. The molecule has 0 spiro atoms. The zero-order valence-electron chi connectivity index (χ0n) is 11.1. The lowest BCUT2D eigenvalue weighted by molar-refractivity contribution is 0.425. The number of likely N-dealkylation sites (N-methyl/N-ethyl adjacent to an activating group) is 1. The molecule has 0 amide bonds. The minimum absolute atomic E-state index is 0.685. The summed E-state index contributed by atoms with van der Waals surface area (Å²) >= 11 is 0. The molecule has 0 aliphatic carbocycles. The lowest BCUT2D eigenvalue weighted by Crippen LogP contribution is -2.25. The highest BCUT2D eigenvalue weighted by atomic mass is 15.3. The average molecular weight is 238 g/mol. The van der Waals surface area contributed by atoms with Gasteiger partial charge in [-0.3, -0.25) is 0 Å². The van der Waals surface area contributed by atoms with E-state index in [1.165, 1.54) is 0 Å². The van der Waals surface area contributed by atoms with Gasteiger partial charge in [-0.15, -0.1) is 5.10 Å². The molecule has 0 saturated carbocycles. The molecule has 0 atom stereocenters. The number of nitrogens with zero attached hydrogens (tertiary/aromatic N) is 5. The molecule has 6 nitrogen and oxygen atoms in total. The van der Waals surface area contributed by atoms with E-state index in [0.29, 0.717) is 5.95 Å². The van der Waals surface area contributed by atoms with Crippen LogP contribution in [0.5, 0.6) is 0 Å². The monoisotopic (exact) mass is 238 g/mol. The van der Waals surface area contributed by atoms with Gasteiger partial charge in [0.1, 0.15) is 0 Å². The maximum absolute atomic E-state index is 4.43. The molecule has 1 rings (SSSR count). The normalized spacial score (nSPS) is 10.6. The molecule has 0 fully saturated rings. The lowest BCUT2D eigenvalue weighted by Gasteiger charge is -2.18. The average Bonchev–Trinajstić information content (AvgIpc) is 2.31. The van der Waals surface area contributed by atoms with E-state index in [1.807, 2.05) is 14.1 Å². The summed E-state index contributed by atoms with van der Waals surface area (Å²) in [7, 11) is 4.09. The van der Waals surface area contributed by atoms with Gasteiger partial charge in [-0.25, -0.2) is 0 Å². The number of aromatic nitrogens is 3. The van der Waals surface area contributed by atoms with Crippen LogP contribution in [0, 0.1) is 0 Å². The Balaban J connectivity index is 2.59. The van der Waals surface area contributed by atoms with Crippen LogP contribution in [0.2, 0.25) is 0 Å². The molecule has 1 heterocycles. The molecular weight excluding hydrogens is 216 g/mol. The Morgan fingerprint density at radius 2 is 1.94 bits per heavy atom. The number of hydrogen-bond acceptors (Lipinski definition) is 6. The summed E-state index contributed by atoms with van der Waals surface area (Å²) < 4.78 is 0. The minimum atomic E-state index is 0.685. The molecule has 0 saturated heterocycles. The Hall–Kier alpha value is -1.43. The Bertz CT molecular complexity index is 323. The molecule has 96 valence electrons. The number of rotatable bonds is 7. The summed E-state index contributed by atoms with van der Waals surface area (Å²) in [4.78, 5) is 8.63. The third-order valence-corrected chi connectivity index (χ3v) is 2.46. The smallest absolute Gasteiger partial charge is 0.247 e. The summed E-state index contributed by atoms with van der Waals surface area (Å²) in [6.45, 7) is 7.75. The first-order chi connectivity index (χ1) is 8.17. The van der Waals surface area contributed by atoms with Crippen LogP contribution in [-0.4, -0.2) is 60.4 Å². The van der Waals surface area contributed by atoms with Crippen molar-refractivity contribution in [1.29, 1.82) is 0 Å². The van der Waals surface area contributed by atoms with Crippen molar-refractivity contribution in [2.24, 2.45) is 0 Å². The maximum atomic E-state index is 4.43. The van der Waals surface area contributed by atoms with Crippen LogP contribution >= 0.6 is 0 Å². The first-order valence-corrected chi connectivity index (χ1v) is 6.00. The molecule has 0 aliphatic heterocycles. The van der Waals surface area contributed by atoms with Gasteiger partial charge >= 0.3 is 0 Å². The van der Waals surface area contributed by atoms with E-state index in [9.17, 15) is 0 Å². The van der Waals surface area contributed by atoms with Crippen LogP contribution in [0.1, 0.15) is 13.8 Å². The molecule has 0 aromatic carbocycles. The van der Waals surface area contributed by atoms with Crippen LogP contribution in [0.25, 0.3) is 0 Å². The SMILES string of the molecule is CCN(CC)c1nncc(NCCN(C)C)n1. The van der Waals surface area contributed by atoms with Crippen molar-refractivity contribution in [2.45, 2.75) is 13.8 Å². The first-order valence-electron chi connectivity index (χ1n) is 6.00. The first kappa shape index (κ1) is 13.6. The second-order valence-corrected chi connectivity index (χ2v) is 4.04. The van der Waals surface area contributed by atoms with Gasteiger partial charge in [0.2, 0.25) is 5.95 Å². The zero-order valence-corrected chi connectivity index (χ0v) is 11.1. The molecule has 17 heavy (non-hydrogen) atoms. The fraction of sp³-hybridized carbons (Fsp3) is 0.727. The maximum Gasteiger partial charge on any atom is 0.247 e. The summed E-state index contributed by atoms with van der Waals surface area (Å²) in [5, 5.41) is 11.2. The van der Waals surface area contributed by atoms with E-state index >= 15 is 0 Å². The quantitative estimate of drug-likeness (QED) is 0.754.